The summed E-state index contributed by atoms with van der Waals surface area (Å²) in [5, 5.41) is 3.95. The first-order valence-electron chi connectivity index (χ1n) is 9.97. The number of piperazine rings is 1. The summed E-state index contributed by atoms with van der Waals surface area (Å²) in [4.78, 5) is 34.4. The zero-order valence-corrected chi connectivity index (χ0v) is 17.5. The molecule has 154 valence electrons. The van der Waals surface area contributed by atoms with Gasteiger partial charge in [-0.2, -0.15) is 0 Å². The summed E-state index contributed by atoms with van der Waals surface area (Å²) in [5.41, 5.74) is 2.48. The van der Waals surface area contributed by atoms with Crippen molar-refractivity contribution in [3.05, 3.63) is 40.2 Å². The van der Waals surface area contributed by atoms with E-state index >= 15 is 0 Å². The third-order valence-electron chi connectivity index (χ3n) is 5.74. The maximum Gasteiger partial charge on any atom is 0.227 e. The highest BCUT2D eigenvalue weighted by molar-refractivity contribution is 7.15. The summed E-state index contributed by atoms with van der Waals surface area (Å²) in [6.45, 7) is 6.43. The highest BCUT2D eigenvalue weighted by atomic mass is 32.1. The summed E-state index contributed by atoms with van der Waals surface area (Å²) >= 11 is 1.67. The minimum atomic E-state index is -0.302. The van der Waals surface area contributed by atoms with Gasteiger partial charge in [-0.15, -0.1) is 11.3 Å². The van der Waals surface area contributed by atoms with E-state index < -0.39 is 0 Å². The van der Waals surface area contributed by atoms with Crippen LogP contribution in [-0.4, -0.2) is 47.9 Å². The van der Waals surface area contributed by atoms with E-state index in [0.717, 1.165) is 55.4 Å². The molecule has 29 heavy (non-hydrogen) atoms. The zero-order chi connectivity index (χ0) is 20.5. The Bertz CT molecular complexity index is 937. The number of rotatable bonds is 3. The maximum absolute atomic E-state index is 13.3. The predicted octanol–water partition coefficient (Wildman–Crippen LogP) is 3.00. The molecule has 2 aromatic rings. The molecule has 4 rings (SSSR count). The molecule has 2 heterocycles. The lowest BCUT2D eigenvalue weighted by atomic mass is 9.90. The summed E-state index contributed by atoms with van der Waals surface area (Å²) in [6.07, 6.45) is 2.24. The molecular weight excluding hydrogens is 391 g/mol. The number of hydrogen-bond acceptors (Lipinski definition) is 5. The van der Waals surface area contributed by atoms with Gasteiger partial charge in [0.2, 0.25) is 11.8 Å². The molecule has 0 unspecified atom stereocenters. The van der Waals surface area contributed by atoms with Gasteiger partial charge >= 0.3 is 0 Å². The van der Waals surface area contributed by atoms with Crippen LogP contribution in [0.5, 0.6) is 0 Å². The average Bonchev–Trinajstić information content (AvgIpc) is 3.13. The molecule has 0 saturated carbocycles. The summed E-state index contributed by atoms with van der Waals surface area (Å²) in [7, 11) is 0. The molecule has 1 aromatic carbocycles. The van der Waals surface area contributed by atoms with E-state index in [0.29, 0.717) is 12.1 Å². The van der Waals surface area contributed by atoms with Crippen molar-refractivity contribution in [1.29, 1.82) is 0 Å². The Morgan fingerprint density at radius 1 is 1.24 bits per heavy atom. The second-order valence-electron chi connectivity index (χ2n) is 7.75. The van der Waals surface area contributed by atoms with Crippen molar-refractivity contribution in [1.82, 2.24) is 9.88 Å². The monoisotopic (exact) mass is 416 g/mol. The van der Waals surface area contributed by atoms with Crippen LogP contribution in [0.3, 0.4) is 0 Å². The third-order valence-corrected chi connectivity index (χ3v) is 6.92. The van der Waals surface area contributed by atoms with Crippen molar-refractivity contribution in [2.75, 3.05) is 36.4 Å². The van der Waals surface area contributed by atoms with Crippen LogP contribution in [0.1, 0.15) is 29.5 Å². The van der Waals surface area contributed by atoms with Gasteiger partial charge in [-0.25, -0.2) is 9.37 Å². The molecular formula is C21H25FN4O2S. The number of thiazole rings is 1. The van der Waals surface area contributed by atoms with Crippen LogP contribution in [0.4, 0.5) is 15.2 Å². The first kappa shape index (κ1) is 19.8. The molecule has 1 aliphatic heterocycles. The fraction of sp³-hybridized carbons (Fsp3) is 0.476. The number of hydrogen-bond donors (Lipinski definition) is 1. The molecule has 0 spiro atoms. The first-order valence-corrected chi connectivity index (χ1v) is 10.8. The van der Waals surface area contributed by atoms with Gasteiger partial charge in [0.15, 0.2) is 5.13 Å². The average molecular weight is 417 g/mol. The second kappa shape index (κ2) is 8.10. The molecule has 1 aromatic heterocycles. The SMILES string of the molecule is CC(=O)N1CCN(c2nc3c(s2)C[C@H](C(=O)Nc2ccc(F)cc2C)CC3)CC1. The van der Waals surface area contributed by atoms with E-state index in [-0.39, 0.29) is 23.5 Å². The fourth-order valence-corrected chi connectivity index (χ4v) is 5.17. The van der Waals surface area contributed by atoms with Crippen LogP contribution >= 0.6 is 11.3 Å². The Hall–Kier alpha value is -2.48. The van der Waals surface area contributed by atoms with Crippen molar-refractivity contribution in [2.24, 2.45) is 5.92 Å². The van der Waals surface area contributed by atoms with Crippen molar-refractivity contribution in [2.45, 2.75) is 33.1 Å². The highest BCUT2D eigenvalue weighted by Crippen LogP contribution is 2.35. The van der Waals surface area contributed by atoms with Crippen LogP contribution in [0.2, 0.25) is 0 Å². The smallest absolute Gasteiger partial charge is 0.227 e. The molecule has 1 fully saturated rings. The summed E-state index contributed by atoms with van der Waals surface area (Å²) < 4.78 is 13.3. The Labute approximate surface area is 173 Å². The van der Waals surface area contributed by atoms with Crippen LogP contribution < -0.4 is 10.2 Å². The van der Waals surface area contributed by atoms with Crippen LogP contribution in [0.15, 0.2) is 18.2 Å². The number of nitrogens with zero attached hydrogens (tertiary/aromatic N) is 3. The summed E-state index contributed by atoms with van der Waals surface area (Å²) in [6, 6.07) is 4.40. The lowest BCUT2D eigenvalue weighted by Gasteiger charge is -2.33. The molecule has 0 radical (unpaired) electrons. The number of halogens is 1. The second-order valence-corrected chi connectivity index (χ2v) is 8.81. The number of benzene rings is 1. The normalized spacial score (nSPS) is 19.1. The van der Waals surface area contributed by atoms with Crippen LogP contribution in [0.25, 0.3) is 0 Å². The number of nitrogens with one attached hydrogen (secondary N) is 1. The zero-order valence-electron chi connectivity index (χ0n) is 16.7. The Balaban J connectivity index is 1.40. The molecule has 1 saturated heterocycles. The molecule has 8 heteroatoms. The number of anilines is 2. The topological polar surface area (TPSA) is 65.5 Å². The highest BCUT2D eigenvalue weighted by Gasteiger charge is 2.29. The minimum absolute atomic E-state index is 0.0182. The number of fused-ring (bicyclic) bond motifs is 1. The van der Waals surface area contributed by atoms with E-state index in [1.165, 1.54) is 17.0 Å². The lowest BCUT2D eigenvalue weighted by molar-refractivity contribution is -0.129. The lowest BCUT2D eigenvalue weighted by Crippen LogP contribution is -2.48. The molecule has 1 aliphatic carbocycles. The standard InChI is InChI=1S/C21H25FN4O2S/c1-13-11-16(22)4-6-17(13)23-20(28)15-3-5-18-19(12-15)29-21(24-18)26-9-7-25(8-10-26)14(2)27/h4,6,11,15H,3,5,7-10,12H2,1-2H3,(H,23,28)/t15-/m1/s1. The molecule has 6 nitrogen and oxygen atoms in total. The molecule has 2 amide bonds. The van der Waals surface area contributed by atoms with E-state index in [2.05, 4.69) is 10.2 Å². The van der Waals surface area contributed by atoms with Gasteiger partial charge in [0.1, 0.15) is 5.82 Å². The van der Waals surface area contributed by atoms with Crippen LogP contribution in [0, 0.1) is 18.7 Å². The molecule has 1 N–H and O–H groups in total. The fourth-order valence-electron chi connectivity index (χ4n) is 3.94. The van der Waals surface area contributed by atoms with Gasteiger partial charge in [-0.1, -0.05) is 0 Å². The van der Waals surface area contributed by atoms with Gasteiger partial charge < -0.3 is 15.1 Å². The van der Waals surface area contributed by atoms with E-state index in [1.54, 1.807) is 31.3 Å². The first-order chi connectivity index (χ1) is 13.9. The maximum atomic E-state index is 13.3. The van der Waals surface area contributed by atoms with Gasteiger partial charge in [0.05, 0.1) is 5.69 Å². The summed E-state index contributed by atoms with van der Waals surface area (Å²) in [5.74, 6) is -0.303. The Kier molecular flexibility index (Phi) is 5.54. The van der Waals surface area contributed by atoms with E-state index in [4.69, 9.17) is 4.98 Å². The van der Waals surface area contributed by atoms with E-state index in [1.807, 2.05) is 4.90 Å². The Morgan fingerprint density at radius 2 is 2.00 bits per heavy atom. The molecule has 1 atom stereocenters. The third kappa shape index (κ3) is 4.27. The Morgan fingerprint density at radius 3 is 2.69 bits per heavy atom. The number of carbonyl (C=O) groups is 2. The number of carbonyl (C=O) groups excluding carboxylic acids is 2. The number of aromatic nitrogens is 1. The van der Waals surface area contributed by atoms with E-state index in [9.17, 15) is 14.0 Å². The number of amides is 2. The van der Waals surface area contributed by atoms with Gasteiger partial charge in [-0.3, -0.25) is 9.59 Å². The minimum Gasteiger partial charge on any atom is -0.345 e. The van der Waals surface area contributed by atoms with Gasteiger partial charge in [0, 0.05) is 49.6 Å². The number of aryl methyl sites for hydroxylation is 2. The van der Waals surface area contributed by atoms with Crippen LogP contribution in [-0.2, 0) is 22.4 Å². The van der Waals surface area contributed by atoms with Gasteiger partial charge in [0.25, 0.3) is 0 Å². The molecule has 0 bridgehead atoms. The van der Waals surface area contributed by atoms with Crippen molar-refractivity contribution >= 4 is 34.0 Å². The van der Waals surface area contributed by atoms with Crippen molar-refractivity contribution in [3.63, 3.8) is 0 Å². The quantitative estimate of drug-likeness (QED) is 0.835. The van der Waals surface area contributed by atoms with Crippen molar-refractivity contribution in [3.8, 4) is 0 Å². The van der Waals surface area contributed by atoms with Gasteiger partial charge in [-0.05, 0) is 49.9 Å². The largest absolute Gasteiger partial charge is 0.345 e. The predicted molar refractivity (Wildman–Crippen MR) is 112 cm³/mol. The van der Waals surface area contributed by atoms with Crippen molar-refractivity contribution < 1.29 is 14.0 Å². The molecule has 2 aliphatic rings.